The minimum Gasteiger partial charge on any atom is -0.504 e. The molecule has 0 radical (unpaired) electrons. The number of carboxylic acids is 3. The fourth-order valence-electron chi connectivity index (χ4n) is 4.99. The predicted molar refractivity (Wildman–Crippen MR) is 150 cm³/mol. The largest absolute Gasteiger partial charge is 0.504 e. The van der Waals surface area contributed by atoms with Crippen LogP contribution in [-0.2, 0) is 35.1 Å². The third kappa shape index (κ3) is 7.11. The maximum Gasteiger partial charge on any atom is 0.377 e. The molecule has 0 unspecified atom stereocenters. The number of carbonyl (C=O) groups excluding carboxylic acids is 1. The highest BCUT2D eigenvalue weighted by molar-refractivity contribution is 6.01. The smallest absolute Gasteiger partial charge is 0.377 e. The summed E-state index contributed by atoms with van der Waals surface area (Å²) in [5.74, 6) is -9.31. The SMILES string of the molecule is C[C@H]([C@H](CCc1ccccc1)c1ccc(Oc2ccccc2)c(O)c1)N(CC(=O)O)C(=O)[C@@H]1COC(C(=O)O)(C(=O)O)O1. The molecule has 3 aromatic rings. The molecule has 226 valence electrons. The molecule has 4 rings (SSSR count). The number of phenols is 1. The number of aromatic hydroxyl groups is 1. The average molecular weight is 594 g/mol. The van der Waals surface area contributed by atoms with Gasteiger partial charge in [-0.3, -0.25) is 9.59 Å². The van der Waals surface area contributed by atoms with Gasteiger partial charge in [-0.1, -0.05) is 54.6 Å². The van der Waals surface area contributed by atoms with Crippen LogP contribution in [0.5, 0.6) is 17.2 Å². The lowest BCUT2D eigenvalue weighted by atomic mass is 9.85. The monoisotopic (exact) mass is 593 g/mol. The van der Waals surface area contributed by atoms with Crippen LogP contribution in [0.3, 0.4) is 0 Å². The number of phenolic OH excluding ortho intramolecular Hbond substituents is 1. The van der Waals surface area contributed by atoms with Gasteiger partial charge in [-0.2, -0.15) is 0 Å². The number of carboxylic acid groups (broad SMARTS) is 3. The molecule has 3 aromatic carbocycles. The number of aryl methyl sites for hydroxylation is 1. The third-order valence-corrected chi connectivity index (χ3v) is 7.22. The van der Waals surface area contributed by atoms with Crippen molar-refractivity contribution >= 4 is 23.8 Å². The number of carbonyl (C=O) groups is 4. The van der Waals surface area contributed by atoms with Crippen molar-refractivity contribution in [1.29, 1.82) is 0 Å². The van der Waals surface area contributed by atoms with E-state index in [9.17, 15) is 39.6 Å². The van der Waals surface area contributed by atoms with Crippen LogP contribution < -0.4 is 4.74 Å². The van der Waals surface area contributed by atoms with Crippen molar-refractivity contribution in [3.8, 4) is 17.2 Å². The van der Waals surface area contributed by atoms with E-state index in [2.05, 4.69) is 0 Å². The van der Waals surface area contributed by atoms with Gasteiger partial charge in [0, 0.05) is 12.0 Å². The number of aliphatic carboxylic acids is 3. The summed E-state index contributed by atoms with van der Waals surface area (Å²) in [4.78, 5) is 49.7. The van der Waals surface area contributed by atoms with Gasteiger partial charge in [0.2, 0.25) is 0 Å². The molecule has 1 aliphatic heterocycles. The zero-order chi connectivity index (χ0) is 31.1. The second-order valence-electron chi connectivity index (χ2n) is 10.0. The highest BCUT2D eigenvalue weighted by Crippen LogP contribution is 2.37. The summed E-state index contributed by atoms with van der Waals surface area (Å²) in [6, 6.07) is 22.3. The molecule has 3 atom stereocenters. The first-order chi connectivity index (χ1) is 20.5. The van der Waals surface area contributed by atoms with E-state index in [0.717, 1.165) is 10.5 Å². The van der Waals surface area contributed by atoms with Crippen molar-refractivity contribution in [3.05, 3.63) is 90.0 Å². The normalized spacial score (nSPS) is 17.0. The molecular formula is C31H31NO11. The summed E-state index contributed by atoms with van der Waals surface area (Å²) in [5, 5.41) is 39.3. The van der Waals surface area contributed by atoms with E-state index in [0.29, 0.717) is 24.2 Å². The van der Waals surface area contributed by atoms with Crippen LogP contribution >= 0.6 is 0 Å². The molecule has 0 saturated carbocycles. The molecule has 1 heterocycles. The maximum absolute atomic E-state index is 13.6. The van der Waals surface area contributed by atoms with Crippen molar-refractivity contribution < 1.29 is 53.8 Å². The molecule has 0 aliphatic carbocycles. The minimum absolute atomic E-state index is 0.172. The summed E-state index contributed by atoms with van der Waals surface area (Å²) in [5.41, 5.74) is 1.57. The quantitative estimate of drug-likeness (QED) is 0.213. The summed E-state index contributed by atoms with van der Waals surface area (Å²) in [6.07, 6.45) is -0.722. The topological polar surface area (TPSA) is 180 Å². The number of hydrogen-bond acceptors (Lipinski definition) is 8. The first-order valence-corrected chi connectivity index (χ1v) is 13.4. The van der Waals surface area contributed by atoms with Gasteiger partial charge in [0.15, 0.2) is 17.6 Å². The molecule has 1 saturated heterocycles. The number of ether oxygens (including phenoxy) is 3. The van der Waals surface area contributed by atoms with Crippen LogP contribution in [0.25, 0.3) is 0 Å². The average Bonchev–Trinajstić information content (AvgIpc) is 3.45. The lowest BCUT2D eigenvalue weighted by molar-refractivity contribution is -0.218. The Bertz CT molecular complexity index is 1450. The Morgan fingerprint density at radius 3 is 2.14 bits per heavy atom. The molecule has 0 aromatic heterocycles. The number of hydrogen-bond donors (Lipinski definition) is 4. The Labute approximate surface area is 246 Å². The third-order valence-electron chi connectivity index (χ3n) is 7.22. The van der Waals surface area contributed by atoms with Crippen LogP contribution in [0.15, 0.2) is 78.9 Å². The highest BCUT2D eigenvalue weighted by atomic mass is 16.8. The van der Waals surface area contributed by atoms with E-state index in [1.807, 2.05) is 36.4 Å². The Kier molecular flexibility index (Phi) is 9.63. The van der Waals surface area contributed by atoms with Crippen LogP contribution in [0.1, 0.15) is 30.4 Å². The van der Waals surface area contributed by atoms with Gasteiger partial charge >= 0.3 is 23.7 Å². The molecule has 43 heavy (non-hydrogen) atoms. The van der Waals surface area contributed by atoms with Gasteiger partial charge in [-0.25, -0.2) is 9.59 Å². The Balaban J connectivity index is 1.65. The van der Waals surface area contributed by atoms with Gasteiger partial charge in [-0.05, 0) is 55.2 Å². The molecule has 0 spiro atoms. The van der Waals surface area contributed by atoms with Crippen molar-refractivity contribution in [1.82, 2.24) is 4.90 Å². The number of rotatable bonds is 13. The summed E-state index contributed by atoms with van der Waals surface area (Å²) < 4.78 is 15.8. The Morgan fingerprint density at radius 2 is 1.58 bits per heavy atom. The number of para-hydroxylation sites is 1. The van der Waals surface area contributed by atoms with Crippen LogP contribution in [0, 0.1) is 0 Å². The van der Waals surface area contributed by atoms with E-state index in [-0.39, 0.29) is 11.5 Å². The van der Waals surface area contributed by atoms with Crippen molar-refractivity contribution in [2.75, 3.05) is 13.2 Å². The zero-order valence-corrected chi connectivity index (χ0v) is 23.2. The van der Waals surface area contributed by atoms with Gasteiger partial charge in [0.1, 0.15) is 12.3 Å². The highest BCUT2D eigenvalue weighted by Gasteiger charge is 2.58. The van der Waals surface area contributed by atoms with Gasteiger partial charge in [-0.15, -0.1) is 0 Å². The molecule has 12 nitrogen and oxygen atoms in total. The molecule has 12 heteroatoms. The Hall–Kier alpha value is -4.94. The second kappa shape index (κ2) is 13.4. The Morgan fingerprint density at radius 1 is 0.953 bits per heavy atom. The molecule has 1 amide bonds. The number of benzene rings is 3. The van der Waals surface area contributed by atoms with E-state index >= 15 is 0 Å². The van der Waals surface area contributed by atoms with E-state index in [1.165, 1.54) is 6.07 Å². The summed E-state index contributed by atoms with van der Waals surface area (Å²) in [6.45, 7) is 0.136. The zero-order valence-electron chi connectivity index (χ0n) is 23.2. The van der Waals surface area contributed by atoms with Crippen LogP contribution in [0.2, 0.25) is 0 Å². The van der Waals surface area contributed by atoms with Crippen molar-refractivity contribution in [2.45, 2.75) is 43.6 Å². The van der Waals surface area contributed by atoms with Crippen LogP contribution in [-0.4, -0.2) is 80.2 Å². The fourth-order valence-corrected chi connectivity index (χ4v) is 4.99. The number of amides is 1. The van der Waals surface area contributed by atoms with E-state index in [1.54, 1.807) is 43.3 Å². The first kappa shape index (κ1) is 31.0. The van der Waals surface area contributed by atoms with Gasteiger partial charge in [0.05, 0.1) is 6.61 Å². The number of nitrogens with zero attached hydrogens (tertiary/aromatic N) is 1. The lowest BCUT2D eigenvalue weighted by Crippen LogP contribution is -2.52. The standard InChI is InChI=1S/C31H31NO11/c1-19(32(17-27(34)35)28(36)26-18-41-31(43-26,29(37)38)30(39)40)23(14-12-20-8-4-2-5-9-20)21-13-15-25(24(33)16-21)42-22-10-6-3-7-11-22/h2-11,13,15-16,19,23,26,33H,12,14,17-18H2,1H3,(H,34,35)(H,37,38)(H,39,40)/t19-,23+,26+/m1/s1. The first-order valence-electron chi connectivity index (χ1n) is 13.4. The van der Waals surface area contributed by atoms with E-state index in [4.69, 9.17) is 14.2 Å². The van der Waals surface area contributed by atoms with Crippen molar-refractivity contribution in [2.24, 2.45) is 0 Å². The maximum atomic E-state index is 13.6. The predicted octanol–water partition coefficient (Wildman–Crippen LogP) is 3.48. The minimum atomic E-state index is -3.09. The molecule has 1 aliphatic rings. The summed E-state index contributed by atoms with van der Waals surface area (Å²) >= 11 is 0. The molecule has 1 fully saturated rings. The molecule has 4 N–H and O–H groups in total. The fraction of sp³-hybridized carbons (Fsp3) is 0.290. The summed E-state index contributed by atoms with van der Waals surface area (Å²) in [7, 11) is 0. The van der Waals surface area contributed by atoms with Gasteiger partial charge in [0.25, 0.3) is 5.91 Å². The van der Waals surface area contributed by atoms with E-state index < -0.39 is 60.8 Å². The van der Waals surface area contributed by atoms with Crippen molar-refractivity contribution in [3.63, 3.8) is 0 Å². The van der Waals surface area contributed by atoms with Crippen LogP contribution in [0.4, 0.5) is 0 Å². The van der Waals surface area contributed by atoms with Gasteiger partial charge < -0.3 is 39.5 Å². The molecule has 0 bridgehead atoms. The lowest BCUT2D eigenvalue weighted by Gasteiger charge is -2.35. The second-order valence-corrected chi connectivity index (χ2v) is 10.0. The molecular weight excluding hydrogens is 562 g/mol.